The Morgan fingerprint density at radius 2 is 2.26 bits per heavy atom. The number of amidine groups is 1. The molecule has 0 aliphatic heterocycles. The molecule has 1 aromatic rings. The van der Waals surface area contributed by atoms with Crippen LogP contribution in [0.5, 0.6) is 0 Å². The number of ether oxygens (including phenoxy) is 1. The molecule has 0 aliphatic rings. The zero-order valence-electron chi connectivity index (χ0n) is 11.0. The molecule has 1 rings (SSSR count). The molecule has 0 saturated carbocycles. The van der Waals surface area contributed by atoms with Crippen LogP contribution in [-0.4, -0.2) is 55.1 Å². The second kappa shape index (κ2) is 6.64. The van der Waals surface area contributed by atoms with Crippen molar-refractivity contribution >= 4 is 15.9 Å². The van der Waals surface area contributed by atoms with E-state index < -0.39 is 10.0 Å². The summed E-state index contributed by atoms with van der Waals surface area (Å²) in [5.41, 5.74) is 5.27. The van der Waals surface area contributed by atoms with Gasteiger partial charge in [0.2, 0.25) is 10.0 Å². The molecule has 0 bridgehead atoms. The molecule has 0 atom stereocenters. The van der Waals surface area contributed by atoms with Crippen molar-refractivity contribution in [3.8, 4) is 0 Å². The first-order valence-corrected chi connectivity index (χ1v) is 7.12. The average molecular weight is 289 g/mol. The lowest BCUT2D eigenvalue weighted by Gasteiger charge is -2.20. The van der Waals surface area contributed by atoms with Crippen molar-refractivity contribution in [1.82, 2.24) is 14.1 Å². The Labute approximate surface area is 112 Å². The SMILES string of the molecule is COCCN(CCC(=N)N)S(=O)(=O)c1cnn(C)c1. The Kier molecular flexibility index (Phi) is 5.45. The number of nitrogens with zero attached hydrogens (tertiary/aromatic N) is 3. The van der Waals surface area contributed by atoms with E-state index in [0.717, 1.165) is 0 Å². The van der Waals surface area contributed by atoms with Gasteiger partial charge in [0.05, 0.1) is 18.6 Å². The van der Waals surface area contributed by atoms with Gasteiger partial charge >= 0.3 is 0 Å². The standard InChI is InChI=1S/C10H19N5O3S/c1-14-8-9(7-13-14)19(16,17)15(5-6-18-2)4-3-10(11)12/h7-8H,3-6H2,1-2H3,(H3,11,12). The Bertz CT molecular complexity index is 525. The minimum atomic E-state index is -3.63. The van der Waals surface area contributed by atoms with Gasteiger partial charge in [-0.25, -0.2) is 8.42 Å². The second-order valence-corrected chi connectivity index (χ2v) is 5.96. The Morgan fingerprint density at radius 1 is 1.58 bits per heavy atom. The lowest BCUT2D eigenvalue weighted by atomic mass is 10.4. The third-order valence-corrected chi connectivity index (χ3v) is 4.35. The molecule has 0 fully saturated rings. The Balaban J connectivity index is 2.91. The van der Waals surface area contributed by atoms with Crippen molar-refractivity contribution < 1.29 is 13.2 Å². The van der Waals surface area contributed by atoms with E-state index in [1.807, 2.05) is 0 Å². The first kappa shape index (κ1) is 15.6. The summed E-state index contributed by atoms with van der Waals surface area (Å²) >= 11 is 0. The predicted molar refractivity (Wildman–Crippen MR) is 70.4 cm³/mol. The molecule has 108 valence electrons. The van der Waals surface area contributed by atoms with E-state index >= 15 is 0 Å². The fraction of sp³-hybridized carbons (Fsp3) is 0.600. The van der Waals surface area contributed by atoms with Crippen molar-refractivity contribution in [2.45, 2.75) is 11.3 Å². The van der Waals surface area contributed by atoms with E-state index in [2.05, 4.69) is 5.10 Å². The summed E-state index contributed by atoms with van der Waals surface area (Å²) in [6, 6.07) is 0. The van der Waals surface area contributed by atoms with E-state index in [1.54, 1.807) is 7.05 Å². The maximum atomic E-state index is 12.4. The van der Waals surface area contributed by atoms with Crippen molar-refractivity contribution in [3.63, 3.8) is 0 Å². The molecular formula is C10H19N5O3S. The van der Waals surface area contributed by atoms with E-state index in [0.29, 0.717) is 0 Å². The van der Waals surface area contributed by atoms with Gasteiger partial charge in [0.15, 0.2) is 0 Å². The van der Waals surface area contributed by atoms with E-state index in [1.165, 1.54) is 28.5 Å². The maximum absolute atomic E-state index is 12.4. The number of sulfonamides is 1. The molecule has 3 N–H and O–H groups in total. The third kappa shape index (κ3) is 4.30. The van der Waals surface area contributed by atoms with Crippen LogP contribution in [0.2, 0.25) is 0 Å². The van der Waals surface area contributed by atoms with Gasteiger partial charge in [-0.1, -0.05) is 0 Å². The van der Waals surface area contributed by atoms with Gasteiger partial charge in [0.25, 0.3) is 0 Å². The lowest BCUT2D eigenvalue weighted by Crippen LogP contribution is -2.36. The quantitative estimate of drug-likeness (QED) is 0.489. The molecule has 0 aromatic carbocycles. The largest absolute Gasteiger partial charge is 0.388 e. The van der Waals surface area contributed by atoms with Crippen LogP contribution >= 0.6 is 0 Å². The second-order valence-electron chi connectivity index (χ2n) is 4.02. The van der Waals surface area contributed by atoms with Gasteiger partial charge in [-0.05, 0) is 0 Å². The van der Waals surface area contributed by atoms with Crippen LogP contribution in [0.4, 0.5) is 0 Å². The summed E-state index contributed by atoms with van der Waals surface area (Å²) in [6.07, 6.45) is 2.91. The fourth-order valence-electron chi connectivity index (χ4n) is 1.47. The molecule has 1 heterocycles. The molecule has 0 radical (unpaired) electrons. The van der Waals surface area contributed by atoms with Crippen LogP contribution in [0.25, 0.3) is 0 Å². The van der Waals surface area contributed by atoms with Gasteiger partial charge in [0, 0.05) is 39.9 Å². The Hall–Kier alpha value is -1.45. The van der Waals surface area contributed by atoms with Crippen LogP contribution in [0.1, 0.15) is 6.42 Å². The smallest absolute Gasteiger partial charge is 0.246 e. The average Bonchev–Trinajstić information content (AvgIpc) is 2.76. The maximum Gasteiger partial charge on any atom is 0.246 e. The van der Waals surface area contributed by atoms with Gasteiger partial charge < -0.3 is 10.5 Å². The van der Waals surface area contributed by atoms with Crippen LogP contribution in [-0.2, 0) is 21.8 Å². The van der Waals surface area contributed by atoms with Crippen molar-refractivity contribution in [1.29, 1.82) is 5.41 Å². The number of nitrogens with one attached hydrogen (secondary N) is 1. The summed E-state index contributed by atoms with van der Waals surface area (Å²) in [6.45, 7) is 0.633. The summed E-state index contributed by atoms with van der Waals surface area (Å²) < 4.78 is 32.3. The molecule has 0 amide bonds. The first-order chi connectivity index (χ1) is 8.87. The summed E-state index contributed by atoms with van der Waals surface area (Å²) in [5.74, 6) is -0.0520. The zero-order chi connectivity index (χ0) is 14.5. The summed E-state index contributed by atoms with van der Waals surface area (Å²) in [7, 11) is -0.484. The molecular weight excluding hydrogens is 270 g/mol. The highest BCUT2D eigenvalue weighted by atomic mass is 32.2. The number of hydrogen-bond acceptors (Lipinski definition) is 5. The molecule has 9 heteroatoms. The number of methoxy groups -OCH3 is 1. The minimum Gasteiger partial charge on any atom is -0.388 e. The monoisotopic (exact) mass is 289 g/mol. The summed E-state index contributed by atoms with van der Waals surface area (Å²) in [5, 5.41) is 11.0. The van der Waals surface area contributed by atoms with Crippen molar-refractivity contribution in [2.75, 3.05) is 26.8 Å². The van der Waals surface area contributed by atoms with Crippen LogP contribution in [0.3, 0.4) is 0 Å². The van der Waals surface area contributed by atoms with Gasteiger partial charge in [-0.2, -0.15) is 9.40 Å². The normalized spacial score (nSPS) is 11.9. The number of aryl methyl sites for hydroxylation is 1. The zero-order valence-corrected chi connectivity index (χ0v) is 11.9. The highest BCUT2D eigenvalue weighted by Crippen LogP contribution is 2.14. The van der Waals surface area contributed by atoms with Crippen molar-refractivity contribution in [3.05, 3.63) is 12.4 Å². The first-order valence-electron chi connectivity index (χ1n) is 5.68. The number of hydrogen-bond donors (Lipinski definition) is 2. The predicted octanol–water partition coefficient (Wildman–Crippen LogP) is -0.617. The summed E-state index contributed by atoms with van der Waals surface area (Å²) in [4.78, 5) is 0.120. The van der Waals surface area contributed by atoms with Crippen LogP contribution in [0.15, 0.2) is 17.3 Å². The van der Waals surface area contributed by atoms with Crippen molar-refractivity contribution in [2.24, 2.45) is 12.8 Å². The molecule has 19 heavy (non-hydrogen) atoms. The van der Waals surface area contributed by atoms with Crippen LogP contribution < -0.4 is 5.73 Å². The number of nitrogens with two attached hydrogens (primary N) is 1. The van der Waals surface area contributed by atoms with E-state index in [9.17, 15) is 8.42 Å². The molecule has 8 nitrogen and oxygen atoms in total. The molecule has 0 saturated heterocycles. The third-order valence-electron chi connectivity index (χ3n) is 2.49. The topological polar surface area (TPSA) is 114 Å². The van der Waals surface area contributed by atoms with Gasteiger partial charge in [-0.3, -0.25) is 10.1 Å². The molecule has 1 aromatic heterocycles. The number of aromatic nitrogens is 2. The van der Waals surface area contributed by atoms with E-state index in [-0.39, 0.29) is 36.8 Å². The van der Waals surface area contributed by atoms with Gasteiger partial charge in [-0.15, -0.1) is 0 Å². The van der Waals surface area contributed by atoms with Crippen LogP contribution in [0, 0.1) is 5.41 Å². The van der Waals surface area contributed by atoms with Gasteiger partial charge in [0.1, 0.15) is 4.90 Å². The Morgan fingerprint density at radius 3 is 2.74 bits per heavy atom. The minimum absolute atomic E-state index is 0.0520. The van der Waals surface area contributed by atoms with E-state index in [4.69, 9.17) is 15.9 Å². The highest BCUT2D eigenvalue weighted by Gasteiger charge is 2.25. The molecule has 0 unspecified atom stereocenters. The molecule has 0 spiro atoms. The number of rotatable bonds is 8. The highest BCUT2D eigenvalue weighted by molar-refractivity contribution is 7.89. The lowest BCUT2D eigenvalue weighted by molar-refractivity contribution is 0.179. The molecule has 0 aliphatic carbocycles. The fourth-order valence-corrected chi connectivity index (χ4v) is 2.88.